The van der Waals surface area contributed by atoms with Gasteiger partial charge >= 0.3 is 12.0 Å². The van der Waals surface area contributed by atoms with Gasteiger partial charge in [0.05, 0.1) is 5.41 Å². The highest BCUT2D eigenvalue weighted by molar-refractivity contribution is 5.79. The number of aliphatic carboxylic acids is 1. The van der Waals surface area contributed by atoms with Crippen LogP contribution in [0, 0.1) is 5.41 Å². The molecular formula is C13H25N3O3. The third-order valence-corrected chi connectivity index (χ3v) is 3.82. The highest BCUT2D eigenvalue weighted by atomic mass is 16.4. The standard InChI is InChI=1S/C13H25N3O3/c1-13(11(17)18)7-4-6-10(13)15-12(19)14-8-5-9-16(2)3/h10H,4-9H2,1-3H3,(H,17,18)(H2,14,15,19). The van der Waals surface area contributed by atoms with Gasteiger partial charge in [0.15, 0.2) is 0 Å². The lowest BCUT2D eigenvalue weighted by Crippen LogP contribution is -2.50. The first-order chi connectivity index (χ1) is 8.86. The Kier molecular flexibility index (Phi) is 5.60. The number of rotatable bonds is 6. The zero-order valence-electron chi connectivity index (χ0n) is 12.0. The van der Waals surface area contributed by atoms with Crippen LogP contribution in [0.5, 0.6) is 0 Å². The van der Waals surface area contributed by atoms with Crippen molar-refractivity contribution in [1.29, 1.82) is 0 Å². The summed E-state index contributed by atoms with van der Waals surface area (Å²) in [6, 6.07) is -0.544. The number of carbonyl (C=O) groups excluding carboxylic acids is 1. The summed E-state index contributed by atoms with van der Waals surface area (Å²) < 4.78 is 0. The zero-order chi connectivity index (χ0) is 14.5. The van der Waals surface area contributed by atoms with Crippen molar-refractivity contribution in [2.75, 3.05) is 27.2 Å². The molecule has 6 heteroatoms. The van der Waals surface area contributed by atoms with Gasteiger partial charge in [0.1, 0.15) is 0 Å². The monoisotopic (exact) mass is 271 g/mol. The third kappa shape index (κ3) is 4.38. The molecule has 1 saturated carbocycles. The minimum absolute atomic E-state index is 0.266. The Labute approximate surface area is 114 Å². The van der Waals surface area contributed by atoms with Crippen LogP contribution >= 0.6 is 0 Å². The fourth-order valence-corrected chi connectivity index (χ4v) is 2.46. The van der Waals surface area contributed by atoms with Gasteiger partial charge in [-0.15, -0.1) is 0 Å². The molecule has 0 aromatic heterocycles. The van der Waals surface area contributed by atoms with E-state index in [9.17, 15) is 14.7 Å². The van der Waals surface area contributed by atoms with Gasteiger partial charge in [-0.3, -0.25) is 4.79 Å². The van der Waals surface area contributed by atoms with Crippen LogP contribution in [-0.2, 0) is 4.79 Å². The molecule has 0 aromatic carbocycles. The maximum Gasteiger partial charge on any atom is 0.315 e. The van der Waals surface area contributed by atoms with Gasteiger partial charge in [0.25, 0.3) is 0 Å². The highest BCUT2D eigenvalue weighted by Crippen LogP contribution is 2.38. The number of nitrogens with one attached hydrogen (secondary N) is 2. The minimum atomic E-state index is -0.832. The molecule has 3 N–H and O–H groups in total. The van der Waals surface area contributed by atoms with Crippen LogP contribution in [0.4, 0.5) is 4.79 Å². The Bertz CT molecular complexity index is 333. The van der Waals surface area contributed by atoms with Gasteiger partial charge in [-0.1, -0.05) is 6.42 Å². The molecule has 0 bridgehead atoms. The maximum atomic E-state index is 11.7. The zero-order valence-corrected chi connectivity index (χ0v) is 12.0. The number of carboxylic acids is 1. The van der Waals surface area contributed by atoms with E-state index in [0.717, 1.165) is 25.8 Å². The average molecular weight is 271 g/mol. The van der Waals surface area contributed by atoms with E-state index in [1.807, 2.05) is 14.1 Å². The molecule has 1 rings (SSSR count). The van der Waals surface area contributed by atoms with Gasteiger partial charge in [-0.05, 0) is 46.8 Å². The molecule has 0 radical (unpaired) electrons. The third-order valence-electron chi connectivity index (χ3n) is 3.82. The van der Waals surface area contributed by atoms with Crippen LogP contribution in [0.25, 0.3) is 0 Å². The Hall–Kier alpha value is -1.30. The van der Waals surface area contributed by atoms with Gasteiger partial charge in [-0.2, -0.15) is 0 Å². The highest BCUT2D eigenvalue weighted by Gasteiger charge is 2.45. The summed E-state index contributed by atoms with van der Waals surface area (Å²) in [7, 11) is 3.97. The van der Waals surface area contributed by atoms with Crippen LogP contribution in [0.15, 0.2) is 0 Å². The van der Waals surface area contributed by atoms with E-state index in [1.54, 1.807) is 6.92 Å². The molecule has 0 spiro atoms. The summed E-state index contributed by atoms with van der Waals surface area (Å²) in [6.45, 7) is 3.22. The predicted molar refractivity (Wildman–Crippen MR) is 73.1 cm³/mol. The topological polar surface area (TPSA) is 81.7 Å². The summed E-state index contributed by atoms with van der Waals surface area (Å²) in [4.78, 5) is 25.1. The number of amides is 2. The fraction of sp³-hybridized carbons (Fsp3) is 0.846. The molecule has 0 aliphatic heterocycles. The Morgan fingerprint density at radius 3 is 2.68 bits per heavy atom. The van der Waals surface area contributed by atoms with E-state index >= 15 is 0 Å². The fourth-order valence-electron chi connectivity index (χ4n) is 2.46. The Morgan fingerprint density at radius 1 is 1.42 bits per heavy atom. The van der Waals surface area contributed by atoms with Crippen LogP contribution < -0.4 is 10.6 Å². The molecule has 2 amide bonds. The smallest absolute Gasteiger partial charge is 0.315 e. The summed E-state index contributed by atoms with van der Waals surface area (Å²) in [5.74, 6) is -0.831. The molecule has 1 fully saturated rings. The molecule has 2 atom stereocenters. The Balaban J connectivity index is 2.34. The van der Waals surface area contributed by atoms with Gasteiger partial charge in [0, 0.05) is 12.6 Å². The van der Waals surface area contributed by atoms with Crippen LogP contribution in [0.3, 0.4) is 0 Å². The van der Waals surface area contributed by atoms with Crippen molar-refractivity contribution in [2.24, 2.45) is 5.41 Å². The molecule has 6 nitrogen and oxygen atoms in total. The minimum Gasteiger partial charge on any atom is -0.481 e. The van der Waals surface area contributed by atoms with Crippen LogP contribution in [0.2, 0.25) is 0 Å². The summed E-state index contributed by atoms with van der Waals surface area (Å²) in [6.07, 6.45) is 3.07. The average Bonchev–Trinajstić information content (AvgIpc) is 2.68. The number of carboxylic acid groups (broad SMARTS) is 1. The van der Waals surface area contributed by atoms with Crippen molar-refractivity contribution >= 4 is 12.0 Å². The van der Waals surface area contributed by atoms with E-state index in [0.29, 0.717) is 13.0 Å². The van der Waals surface area contributed by atoms with Crippen molar-refractivity contribution in [3.63, 3.8) is 0 Å². The SMILES string of the molecule is CN(C)CCCNC(=O)NC1CCCC1(C)C(=O)O. The number of urea groups is 1. The molecule has 0 saturated heterocycles. The van der Waals surface area contributed by atoms with Crippen molar-refractivity contribution in [1.82, 2.24) is 15.5 Å². The number of carbonyl (C=O) groups is 2. The Morgan fingerprint density at radius 2 is 2.11 bits per heavy atom. The summed E-state index contributed by atoms with van der Waals surface area (Å²) >= 11 is 0. The lowest BCUT2D eigenvalue weighted by atomic mass is 9.85. The van der Waals surface area contributed by atoms with Gasteiger partial charge in [-0.25, -0.2) is 4.79 Å². The lowest BCUT2D eigenvalue weighted by Gasteiger charge is -2.27. The quantitative estimate of drug-likeness (QED) is 0.626. The van der Waals surface area contributed by atoms with Crippen LogP contribution in [0.1, 0.15) is 32.6 Å². The van der Waals surface area contributed by atoms with Crippen molar-refractivity contribution in [3.8, 4) is 0 Å². The summed E-state index contributed by atoms with van der Waals surface area (Å²) in [5, 5.41) is 14.8. The molecule has 1 aliphatic carbocycles. The lowest BCUT2D eigenvalue weighted by molar-refractivity contribution is -0.148. The first-order valence-corrected chi connectivity index (χ1v) is 6.79. The first-order valence-electron chi connectivity index (χ1n) is 6.79. The predicted octanol–water partition coefficient (Wildman–Crippen LogP) is 0.881. The van der Waals surface area contributed by atoms with E-state index in [4.69, 9.17) is 0 Å². The molecule has 19 heavy (non-hydrogen) atoms. The normalized spacial score (nSPS) is 26.4. The molecule has 0 aromatic rings. The number of hydrogen-bond acceptors (Lipinski definition) is 3. The first kappa shape index (κ1) is 15.8. The molecule has 110 valence electrons. The summed E-state index contributed by atoms with van der Waals surface area (Å²) in [5.41, 5.74) is -0.832. The second-order valence-corrected chi connectivity index (χ2v) is 5.72. The number of hydrogen-bond donors (Lipinski definition) is 3. The van der Waals surface area contributed by atoms with E-state index in [2.05, 4.69) is 15.5 Å². The van der Waals surface area contributed by atoms with Crippen molar-refractivity contribution in [2.45, 2.75) is 38.6 Å². The maximum absolute atomic E-state index is 11.7. The van der Waals surface area contributed by atoms with Crippen molar-refractivity contribution < 1.29 is 14.7 Å². The van der Waals surface area contributed by atoms with Gasteiger partial charge in [0.2, 0.25) is 0 Å². The van der Waals surface area contributed by atoms with E-state index < -0.39 is 11.4 Å². The van der Waals surface area contributed by atoms with Crippen molar-refractivity contribution in [3.05, 3.63) is 0 Å². The molecule has 1 aliphatic rings. The molecule has 0 heterocycles. The van der Waals surface area contributed by atoms with E-state index in [1.165, 1.54) is 0 Å². The second kappa shape index (κ2) is 6.75. The number of nitrogens with zero attached hydrogens (tertiary/aromatic N) is 1. The van der Waals surface area contributed by atoms with Gasteiger partial charge < -0.3 is 20.6 Å². The molecular weight excluding hydrogens is 246 g/mol. The molecule has 2 unspecified atom stereocenters. The second-order valence-electron chi connectivity index (χ2n) is 5.72. The van der Waals surface area contributed by atoms with E-state index in [-0.39, 0.29) is 12.1 Å². The largest absolute Gasteiger partial charge is 0.481 e. The van der Waals surface area contributed by atoms with Crippen LogP contribution in [-0.4, -0.2) is 55.2 Å².